The summed E-state index contributed by atoms with van der Waals surface area (Å²) in [7, 11) is 2.14. The van der Waals surface area contributed by atoms with Crippen LogP contribution in [-0.2, 0) is 11.2 Å². The number of carbonyl (C=O) groups excluding carboxylic acids is 2. The molecule has 2 aromatic rings. The van der Waals surface area contributed by atoms with Gasteiger partial charge in [0.05, 0.1) is 10.7 Å². The third-order valence-corrected chi connectivity index (χ3v) is 6.24. The number of urea groups is 1. The van der Waals surface area contributed by atoms with Crippen molar-refractivity contribution in [3.8, 4) is 0 Å². The van der Waals surface area contributed by atoms with E-state index >= 15 is 0 Å². The number of nitrogens with one attached hydrogen (secondary N) is 2. The van der Waals surface area contributed by atoms with Crippen molar-refractivity contribution in [1.29, 1.82) is 0 Å². The van der Waals surface area contributed by atoms with Crippen molar-refractivity contribution in [3.63, 3.8) is 0 Å². The molecule has 2 N–H and O–H groups in total. The van der Waals surface area contributed by atoms with Crippen molar-refractivity contribution in [3.05, 3.63) is 47.0 Å². The van der Waals surface area contributed by atoms with Gasteiger partial charge in [-0.1, -0.05) is 11.6 Å². The lowest BCUT2D eigenvalue weighted by Gasteiger charge is -2.35. The minimum atomic E-state index is -0.787. The highest BCUT2D eigenvalue weighted by molar-refractivity contribution is 6.33. The van der Waals surface area contributed by atoms with Gasteiger partial charge >= 0.3 is 12.1 Å². The Morgan fingerprint density at radius 1 is 0.971 bits per heavy atom. The fourth-order valence-electron chi connectivity index (χ4n) is 4.24. The minimum absolute atomic E-state index is 0.582. The highest BCUT2D eigenvalue weighted by Gasteiger charge is 2.25. The zero-order valence-electron chi connectivity index (χ0n) is 20.2. The Morgan fingerprint density at radius 2 is 1.65 bits per heavy atom. The molecule has 0 unspecified atom stereocenters. The van der Waals surface area contributed by atoms with Crippen LogP contribution in [-0.4, -0.2) is 62.4 Å². The Kier molecular flexibility index (Phi) is 6.91. The molecule has 2 aliphatic heterocycles. The molecule has 0 aliphatic carbocycles. The topological polar surface area (TPSA) is 77.2 Å². The van der Waals surface area contributed by atoms with E-state index in [4.69, 9.17) is 16.3 Å². The van der Waals surface area contributed by atoms with Crippen LogP contribution < -0.4 is 20.4 Å². The van der Waals surface area contributed by atoms with Crippen LogP contribution in [0.15, 0.2) is 36.4 Å². The summed E-state index contributed by atoms with van der Waals surface area (Å²) in [5.74, 6) is 0. The second-order valence-corrected chi connectivity index (χ2v) is 10.2. The molecule has 4 rings (SSSR count). The molecule has 1 saturated heterocycles. The Balaban J connectivity index is 1.44. The van der Waals surface area contributed by atoms with Crippen molar-refractivity contribution < 1.29 is 14.3 Å². The third-order valence-electron chi connectivity index (χ3n) is 5.94. The van der Waals surface area contributed by atoms with E-state index < -0.39 is 17.7 Å². The zero-order chi connectivity index (χ0) is 24.5. The summed E-state index contributed by atoms with van der Waals surface area (Å²) in [6, 6.07) is 11.2. The highest BCUT2D eigenvalue weighted by atomic mass is 35.5. The first-order valence-electron chi connectivity index (χ1n) is 11.5. The van der Waals surface area contributed by atoms with Gasteiger partial charge in [-0.2, -0.15) is 0 Å². The van der Waals surface area contributed by atoms with Crippen LogP contribution in [0.4, 0.5) is 32.3 Å². The number of likely N-dealkylation sites (N-methyl/N-ethyl adjacent to an activating group) is 1. The van der Waals surface area contributed by atoms with Crippen LogP contribution in [0.5, 0.6) is 0 Å². The largest absolute Gasteiger partial charge is 0.443 e. The van der Waals surface area contributed by atoms with Crippen molar-refractivity contribution in [2.75, 3.05) is 54.9 Å². The number of amides is 3. The number of rotatable bonds is 3. The van der Waals surface area contributed by atoms with E-state index in [0.717, 1.165) is 55.5 Å². The monoisotopic (exact) mass is 485 g/mol. The maximum absolute atomic E-state index is 12.1. The van der Waals surface area contributed by atoms with Crippen LogP contribution in [0.3, 0.4) is 0 Å². The number of benzene rings is 2. The molecular weight excluding hydrogens is 454 g/mol. The van der Waals surface area contributed by atoms with Crippen LogP contribution in [0.25, 0.3) is 0 Å². The van der Waals surface area contributed by atoms with E-state index in [0.29, 0.717) is 5.69 Å². The summed E-state index contributed by atoms with van der Waals surface area (Å²) in [6.45, 7) is 10.0. The Labute approximate surface area is 205 Å². The summed E-state index contributed by atoms with van der Waals surface area (Å²) in [4.78, 5) is 30.8. The lowest BCUT2D eigenvalue weighted by atomic mass is 10.1. The first-order valence-corrected chi connectivity index (χ1v) is 11.9. The van der Waals surface area contributed by atoms with E-state index in [9.17, 15) is 9.59 Å². The summed E-state index contributed by atoms with van der Waals surface area (Å²) in [6.07, 6.45) is 0.140. The molecule has 2 heterocycles. The van der Waals surface area contributed by atoms with Crippen molar-refractivity contribution in [2.45, 2.75) is 32.8 Å². The number of fused-ring (bicyclic) bond motifs is 1. The number of anilines is 4. The predicted octanol–water partition coefficient (Wildman–Crippen LogP) is 4.84. The molecule has 0 aromatic heterocycles. The van der Waals surface area contributed by atoms with E-state index in [1.807, 2.05) is 24.3 Å². The van der Waals surface area contributed by atoms with Crippen LogP contribution in [0.2, 0.25) is 5.02 Å². The number of halogens is 1. The number of nitrogens with zero attached hydrogens (tertiary/aromatic N) is 3. The fraction of sp³-hybridized carbons (Fsp3) is 0.440. The predicted molar refractivity (Wildman–Crippen MR) is 137 cm³/mol. The number of ether oxygens (including phenoxy) is 1. The average molecular weight is 486 g/mol. The van der Waals surface area contributed by atoms with Gasteiger partial charge in [0.25, 0.3) is 0 Å². The summed E-state index contributed by atoms with van der Waals surface area (Å²) < 4.78 is 5.10. The normalized spacial score (nSPS) is 16.3. The van der Waals surface area contributed by atoms with Gasteiger partial charge in [0, 0.05) is 49.8 Å². The van der Waals surface area contributed by atoms with E-state index in [1.54, 1.807) is 20.8 Å². The third kappa shape index (κ3) is 5.74. The quantitative estimate of drug-likeness (QED) is 0.647. The molecular formula is C25H32ClN5O3. The molecule has 2 aliphatic rings. The maximum atomic E-state index is 12.1. The molecule has 9 heteroatoms. The van der Waals surface area contributed by atoms with Gasteiger partial charge in [-0.05, 0) is 76.2 Å². The van der Waals surface area contributed by atoms with Crippen molar-refractivity contribution in [1.82, 2.24) is 10.2 Å². The average Bonchev–Trinajstić information content (AvgIpc) is 3.15. The molecule has 182 valence electrons. The summed E-state index contributed by atoms with van der Waals surface area (Å²) >= 11 is 6.66. The van der Waals surface area contributed by atoms with E-state index in [1.165, 1.54) is 11.3 Å². The number of carbonyl (C=O) groups is 2. The van der Waals surface area contributed by atoms with Gasteiger partial charge in [-0.25, -0.2) is 14.9 Å². The molecule has 0 atom stereocenters. The summed E-state index contributed by atoms with van der Waals surface area (Å²) in [5, 5.41) is 5.64. The van der Waals surface area contributed by atoms with E-state index in [2.05, 4.69) is 44.5 Å². The second-order valence-electron chi connectivity index (χ2n) is 9.75. The number of hydrogen-bond acceptors (Lipinski definition) is 6. The molecule has 0 radical (unpaired) electrons. The highest BCUT2D eigenvalue weighted by Crippen LogP contribution is 2.41. The van der Waals surface area contributed by atoms with Gasteiger partial charge in [0.2, 0.25) is 0 Å². The van der Waals surface area contributed by atoms with E-state index in [-0.39, 0.29) is 0 Å². The Morgan fingerprint density at radius 3 is 2.29 bits per heavy atom. The molecule has 0 bridgehead atoms. The number of piperazine rings is 1. The Hall–Kier alpha value is -2.97. The standard InChI is InChI=1S/C25H32ClN5O3/c1-25(2,3)34-24(33)28-23(32)27-18-5-7-19(8-6-18)31-10-9-17-15-20(26)22(16-21(17)31)30-13-11-29(4)12-14-30/h5-8,15-16H,9-14H2,1-4H3,(H2,27,28,32,33). The zero-order valence-corrected chi connectivity index (χ0v) is 20.9. The Bertz CT molecular complexity index is 1060. The first-order chi connectivity index (χ1) is 16.1. The van der Waals surface area contributed by atoms with Crippen molar-refractivity contribution >= 4 is 46.5 Å². The van der Waals surface area contributed by atoms with Gasteiger partial charge < -0.3 is 24.8 Å². The molecule has 1 fully saturated rings. The molecule has 0 spiro atoms. The van der Waals surface area contributed by atoms with Gasteiger partial charge in [0.1, 0.15) is 5.60 Å². The second kappa shape index (κ2) is 9.72. The van der Waals surface area contributed by atoms with Crippen LogP contribution in [0.1, 0.15) is 26.3 Å². The molecule has 8 nitrogen and oxygen atoms in total. The molecule has 2 aromatic carbocycles. The van der Waals surface area contributed by atoms with Gasteiger partial charge in [-0.3, -0.25) is 0 Å². The van der Waals surface area contributed by atoms with Crippen LogP contribution in [0, 0.1) is 0 Å². The number of hydrogen-bond donors (Lipinski definition) is 2. The lowest BCUT2D eigenvalue weighted by Crippen LogP contribution is -2.44. The fourth-order valence-corrected chi connectivity index (χ4v) is 4.54. The summed E-state index contributed by atoms with van der Waals surface area (Å²) in [5.41, 5.74) is 4.43. The van der Waals surface area contributed by atoms with Gasteiger partial charge in [0.15, 0.2) is 0 Å². The SMILES string of the molecule is CN1CCN(c2cc3c(cc2Cl)CCN3c2ccc(NC(=O)NC(=O)OC(C)(C)C)cc2)CC1. The van der Waals surface area contributed by atoms with Gasteiger partial charge in [-0.15, -0.1) is 0 Å². The minimum Gasteiger partial charge on any atom is -0.443 e. The molecule has 3 amide bonds. The molecule has 34 heavy (non-hydrogen) atoms. The lowest BCUT2D eigenvalue weighted by molar-refractivity contribution is 0.0551. The number of imide groups is 1. The van der Waals surface area contributed by atoms with Crippen molar-refractivity contribution in [2.24, 2.45) is 0 Å². The maximum Gasteiger partial charge on any atom is 0.415 e. The smallest absolute Gasteiger partial charge is 0.415 e. The van der Waals surface area contributed by atoms with Crippen LogP contribution >= 0.6 is 11.6 Å². The first kappa shape index (κ1) is 24.2. The molecule has 0 saturated carbocycles. The number of alkyl carbamates (subject to hydrolysis) is 1.